The van der Waals surface area contributed by atoms with Gasteiger partial charge in [-0.15, -0.1) is 0 Å². The highest BCUT2D eigenvalue weighted by molar-refractivity contribution is 5.71. The Morgan fingerprint density at radius 3 is 2.58 bits per heavy atom. The Hall–Kier alpha value is -1.88. The summed E-state index contributed by atoms with van der Waals surface area (Å²) in [6, 6.07) is 9.35. The van der Waals surface area contributed by atoms with Crippen LogP contribution in [0.5, 0.6) is 0 Å². The first-order valence-corrected chi connectivity index (χ1v) is 9.64. The van der Waals surface area contributed by atoms with Crippen LogP contribution in [0, 0.1) is 5.92 Å². The van der Waals surface area contributed by atoms with Gasteiger partial charge < -0.3 is 14.3 Å². The second-order valence-corrected chi connectivity index (χ2v) is 7.88. The van der Waals surface area contributed by atoms with Crippen LogP contribution in [-0.2, 0) is 20.9 Å². The van der Waals surface area contributed by atoms with E-state index in [4.69, 9.17) is 9.47 Å². The number of rotatable bonds is 5. The third kappa shape index (κ3) is 4.26. The number of hydrogen-bond donors (Lipinski definition) is 0. The summed E-state index contributed by atoms with van der Waals surface area (Å²) in [5, 5.41) is 0. The van der Waals surface area contributed by atoms with Crippen LogP contribution in [0.1, 0.15) is 57.9 Å². The molecule has 5 heteroatoms. The van der Waals surface area contributed by atoms with Gasteiger partial charge in [0.15, 0.2) is 6.29 Å². The van der Waals surface area contributed by atoms with Crippen molar-refractivity contribution < 1.29 is 19.1 Å². The van der Waals surface area contributed by atoms with Gasteiger partial charge in [0.25, 0.3) is 0 Å². The van der Waals surface area contributed by atoms with E-state index in [-0.39, 0.29) is 12.6 Å². The van der Waals surface area contributed by atoms with Crippen LogP contribution in [0.25, 0.3) is 0 Å². The van der Waals surface area contributed by atoms with Gasteiger partial charge in [-0.3, -0.25) is 4.90 Å². The van der Waals surface area contributed by atoms with Gasteiger partial charge in [0, 0.05) is 0 Å². The third-order valence-corrected chi connectivity index (χ3v) is 5.55. The lowest BCUT2D eigenvalue weighted by atomic mass is 9.83. The van der Waals surface area contributed by atoms with Crippen LogP contribution in [-0.4, -0.2) is 35.2 Å². The molecule has 2 fully saturated rings. The highest BCUT2D eigenvalue weighted by Gasteiger charge is 2.51. The zero-order chi connectivity index (χ0) is 18.6. The summed E-state index contributed by atoms with van der Waals surface area (Å²) in [5.41, 5.74) is 0.0909. The minimum absolute atomic E-state index is 0.216. The van der Waals surface area contributed by atoms with Gasteiger partial charge in [0.05, 0.1) is 6.04 Å². The molecular weight excluding hydrogens is 330 g/mol. The molecule has 1 saturated heterocycles. The largest absolute Gasteiger partial charge is 0.444 e. The molecule has 0 N–H and O–H groups in total. The van der Waals surface area contributed by atoms with Crippen molar-refractivity contribution in [3.63, 3.8) is 0 Å². The SMILES string of the molecule is CC1(C)O[C@@H](C=O)[C@H](CC2CCCCC2)N1C(=O)OCc1ccccc1. The van der Waals surface area contributed by atoms with Gasteiger partial charge in [-0.25, -0.2) is 4.79 Å². The van der Waals surface area contributed by atoms with Crippen LogP contribution in [0.4, 0.5) is 4.79 Å². The summed E-state index contributed by atoms with van der Waals surface area (Å²) in [7, 11) is 0. The maximum absolute atomic E-state index is 12.9. The average molecular weight is 359 g/mol. The molecule has 2 atom stereocenters. The number of carbonyl (C=O) groups is 2. The number of benzene rings is 1. The Morgan fingerprint density at radius 1 is 1.23 bits per heavy atom. The smallest absolute Gasteiger partial charge is 0.412 e. The van der Waals surface area contributed by atoms with Crippen LogP contribution in [0.15, 0.2) is 30.3 Å². The third-order valence-electron chi connectivity index (χ3n) is 5.55. The van der Waals surface area contributed by atoms with Gasteiger partial charge in [-0.1, -0.05) is 62.4 Å². The maximum Gasteiger partial charge on any atom is 0.412 e. The molecule has 2 aliphatic rings. The normalized spacial score (nSPS) is 25.8. The minimum Gasteiger partial charge on any atom is -0.444 e. The summed E-state index contributed by atoms with van der Waals surface area (Å²) in [4.78, 5) is 26.1. The molecule has 3 rings (SSSR count). The lowest BCUT2D eigenvalue weighted by Crippen LogP contribution is -2.49. The van der Waals surface area contributed by atoms with E-state index >= 15 is 0 Å². The van der Waals surface area contributed by atoms with E-state index < -0.39 is 17.9 Å². The van der Waals surface area contributed by atoms with Crippen molar-refractivity contribution in [2.45, 2.75) is 76.9 Å². The highest BCUT2D eigenvalue weighted by atomic mass is 16.6. The fourth-order valence-electron chi connectivity index (χ4n) is 4.28. The Morgan fingerprint density at radius 2 is 1.92 bits per heavy atom. The molecule has 0 spiro atoms. The van der Waals surface area contributed by atoms with Crippen molar-refractivity contribution in [3.8, 4) is 0 Å². The molecule has 0 radical (unpaired) electrons. The van der Waals surface area contributed by atoms with E-state index in [0.717, 1.165) is 31.1 Å². The van der Waals surface area contributed by atoms with E-state index in [9.17, 15) is 9.59 Å². The predicted octanol–water partition coefficient (Wildman–Crippen LogP) is 4.30. The van der Waals surface area contributed by atoms with E-state index in [0.29, 0.717) is 5.92 Å². The van der Waals surface area contributed by atoms with Crippen molar-refractivity contribution >= 4 is 12.4 Å². The molecule has 142 valence electrons. The molecule has 1 aromatic carbocycles. The summed E-state index contributed by atoms with van der Waals surface area (Å²) in [6.45, 7) is 3.87. The van der Waals surface area contributed by atoms with E-state index in [1.54, 1.807) is 4.90 Å². The number of ether oxygens (including phenoxy) is 2. The molecule has 1 aliphatic carbocycles. The van der Waals surface area contributed by atoms with Crippen molar-refractivity contribution in [1.82, 2.24) is 4.90 Å². The lowest BCUT2D eigenvalue weighted by Gasteiger charge is -2.34. The Labute approximate surface area is 155 Å². The van der Waals surface area contributed by atoms with E-state index in [1.807, 2.05) is 44.2 Å². The number of amides is 1. The van der Waals surface area contributed by atoms with Crippen molar-refractivity contribution in [3.05, 3.63) is 35.9 Å². The maximum atomic E-state index is 12.9. The van der Waals surface area contributed by atoms with Crippen molar-refractivity contribution in [2.75, 3.05) is 0 Å². The molecule has 0 unspecified atom stereocenters. The van der Waals surface area contributed by atoms with Crippen molar-refractivity contribution in [1.29, 1.82) is 0 Å². The Bertz CT molecular complexity index is 610. The summed E-state index contributed by atoms with van der Waals surface area (Å²) in [6.07, 6.45) is 6.69. The number of nitrogens with zero attached hydrogens (tertiary/aromatic N) is 1. The summed E-state index contributed by atoms with van der Waals surface area (Å²) in [5.74, 6) is 0.540. The number of aldehydes is 1. The van der Waals surface area contributed by atoms with Crippen molar-refractivity contribution in [2.24, 2.45) is 5.92 Å². The van der Waals surface area contributed by atoms with Gasteiger partial charge in [-0.2, -0.15) is 0 Å². The van der Waals surface area contributed by atoms with Crippen LogP contribution in [0.3, 0.4) is 0 Å². The number of carbonyl (C=O) groups excluding carboxylic acids is 2. The van der Waals surface area contributed by atoms with E-state index in [1.165, 1.54) is 19.3 Å². The predicted molar refractivity (Wildman–Crippen MR) is 98.5 cm³/mol. The molecular formula is C21H29NO4. The summed E-state index contributed by atoms with van der Waals surface area (Å²) >= 11 is 0. The molecule has 1 aliphatic heterocycles. The van der Waals surface area contributed by atoms with Crippen LogP contribution in [0.2, 0.25) is 0 Å². The molecule has 1 saturated carbocycles. The quantitative estimate of drug-likeness (QED) is 0.736. The average Bonchev–Trinajstić information content (AvgIpc) is 2.91. The van der Waals surface area contributed by atoms with Gasteiger partial charge in [-0.05, 0) is 31.7 Å². The Kier molecular flexibility index (Phi) is 5.97. The zero-order valence-corrected chi connectivity index (χ0v) is 15.7. The molecule has 0 aromatic heterocycles. The molecule has 1 aromatic rings. The monoisotopic (exact) mass is 359 g/mol. The fourth-order valence-corrected chi connectivity index (χ4v) is 4.28. The summed E-state index contributed by atoms with van der Waals surface area (Å²) < 4.78 is 11.4. The second-order valence-electron chi connectivity index (χ2n) is 7.88. The molecule has 1 heterocycles. The van der Waals surface area contributed by atoms with Gasteiger partial charge in [0.2, 0.25) is 0 Å². The standard InChI is InChI=1S/C21H29NO4/c1-21(2)22(20(24)25-15-17-11-7-4-8-12-17)18(19(14-23)26-21)13-16-9-5-3-6-10-16/h4,7-8,11-12,14,16,18-19H,3,5-6,9-10,13,15H2,1-2H3/t18-,19-/m0/s1. The van der Waals surface area contributed by atoms with Crippen LogP contribution >= 0.6 is 0 Å². The highest BCUT2D eigenvalue weighted by Crippen LogP contribution is 2.38. The topological polar surface area (TPSA) is 55.8 Å². The van der Waals surface area contributed by atoms with Gasteiger partial charge >= 0.3 is 6.09 Å². The first kappa shape index (κ1) is 18.9. The zero-order valence-electron chi connectivity index (χ0n) is 15.7. The number of hydrogen-bond acceptors (Lipinski definition) is 4. The molecule has 5 nitrogen and oxygen atoms in total. The molecule has 0 bridgehead atoms. The first-order chi connectivity index (χ1) is 12.5. The molecule has 26 heavy (non-hydrogen) atoms. The van der Waals surface area contributed by atoms with E-state index in [2.05, 4.69) is 0 Å². The lowest BCUT2D eigenvalue weighted by molar-refractivity contribution is -0.123. The van der Waals surface area contributed by atoms with Gasteiger partial charge in [0.1, 0.15) is 18.4 Å². The Balaban J connectivity index is 1.71. The second kappa shape index (κ2) is 8.21. The minimum atomic E-state index is -0.849. The molecule has 1 amide bonds. The fraction of sp³-hybridized carbons (Fsp3) is 0.619. The van der Waals surface area contributed by atoms with Crippen LogP contribution < -0.4 is 0 Å². The first-order valence-electron chi connectivity index (χ1n) is 9.64.